The van der Waals surface area contributed by atoms with Gasteiger partial charge < -0.3 is 5.11 Å². The first kappa shape index (κ1) is 14.1. The lowest BCUT2D eigenvalue weighted by Gasteiger charge is -2.35. The Hall–Kier alpha value is -0.920. The smallest absolute Gasteiger partial charge is 0.320 e. The van der Waals surface area contributed by atoms with Gasteiger partial charge in [0.15, 0.2) is 0 Å². The summed E-state index contributed by atoms with van der Waals surface area (Å²) in [5.41, 5.74) is 0. The van der Waals surface area contributed by atoms with Crippen molar-refractivity contribution in [2.45, 2.75) is 13.0 Å². The maximum absolute atomic E-state index is 11.7. The van der Waals surface area contributed by atoms with Crippen molar-refractivity contribution in [1.82, 2.24) is 9.21 Å². The van der Waals surface area contributed by atoms with Gasteiger partial charge in [0.05, 0.1) is 5.75 Å². The number of piperazine rings is 1. The van der Waals surface area contributed by atoms with E-state index in [2.05, 4.69) is 6.58 Å². The number of carboxylic acids is 1. The quantitative estimate of drug-likeness (QED) is 0.682. The summed E-state index contributed by atoms with van der Waals surface area (Å²) in [6, 6.07) is -0.570. The lowest BCUT2D eigenvalue weighted by molar-refractivity contribution is -0.143. The number of hydrogen-bond acceptors (Lipinski definition) is 4. The van der Waals surface area contributed by atoms with Crippen molar-refractivity contribution >= 4 is 16.0 Å². The van der Waals surface area contributed by atoms with E-state index in [4.69, 9.17) is 5.11 Å². The molecule has 0 aromatic heterocycles. The van der Waals surface area contributed by atoms with Crippen molar-refractivity contribution in [2.75, 3.05) is 31.9 Å². The fourth-order valence-corrected chi connectivity index (χ4v) is 3.01. The van der Waals surface area contributed by atoms with Gasteiger partial charge in [0.1, 0.15) is 6.04 Å². The van der Waals surface area contributed by atoms with Crippen LogP contribution in [-0.4, -0.2) is 66.7 Å². The van der Waals surface area contributed by atoms with Gasteiger partial charge in [-0.05, 0) is 6.92 Å². The first-order valence-corrected chi connectivity index (χ1v) is 7.05. The van der Waals surface area contributed by atoms with E-state index < -0.39 is 22.0 Å². The first-order valence-electron chi connectivity index (χ1n) is 5.44. The molecule has 7 heteroatoms. The summed E-state index contributed by atoms with van der Waals surface area (Å²) in [5.74, 6) is -0.950. The summed E-state index contributed by atoms with van der Waals surface area (Å²) in [6.07, 6.45) is 1.36. The highest BCUT2D eigenvalue weighted by Crippen LogP contribution is 2.10. The summed E-state index contributed by atoms with van der Waals surface area (Å²) in [6.45, 7) is 6.60. The molecule has 1 N–H and O–H groups in total. The highest BCUT2D eigenvalue weighted by molar-refractivity contribution is 7.89. The normalized spacial score (nSPS) is 21.0. The molecule has 0 saturated carbocycles. The predicted molar refractivity (Wildman–Crippen MR) is 64.2 cm³/mol. The Morgan fingerprint density at radius 3 is 2.35 bits per heavy atom. The summed E-state index contributed by atoms with van der Waals surface area (Å²) in [5, 5.41) is 8.86. The molecule has 0 radical (unpaired) electrons. The van der Waals surface area contributed by atoms with Crippen LogP contribution in [0.5, 0.6) is 0 Å². The molecule has 0 spiro atoms. The van der Waals surface area contributed by atoms with E-state index in [1.807, 2.05) is 0 Å². The molecule has 0 aromatic carbocycles. The number of sulfonamides is 1. The Morgan fingerprint density at radius 2 is 1.94 bits per heavy atom. The molecule has 0 bridgehead atoms. The lowest BCUT2D eigenvalue weighted by atomic mass is 10.2. The second-order valence-electron chi connectivity index (χ2n) is 4.02. The molecule has 6 nitrogen and oxygen atoms in total. The third-order valence-corrected chi connectivity index (χ3v) is 4.71. The molecule has 1 aliphatic heterocycles. The number of hydrogen-bond donors (Lipinski definition) is 1. The van der Waals surface area contributed by atoms with Crippen LogP contribution >= 0.6 is 0 Å². The predicted octanol–water partition coefficient (Wildman–Crippen LogP) is -0.407. The van der Waals surface area contributed by atoms with Gasteiger partial charge in [0.25, 0.3) is 0 Å². The zero-order valence-electron chi connectivity index (χ0n) is 9.87. The molecule has 0 amide bonds. The van der Waals surface area contributed by atoms with E-state index in [-0.39, 0.29) is 5.75 Å². The topological polar surface area (TPSA) is 77.9 Å². The van der Waals surface area contributed by atoms with E-state index in [9.17, 15) is 13.2 Å². The molecule has 1 unspecified atom stereocenters. The van der Waals surface area contributed by atoms with E-state index in [0.29, 0.717) is 26.2 Å². The van der Waals surface area contributed by atoms with E-state index >= 15 is 0 Å². The van der Waals surface area contributed by atoms with Crippen LogP contribution in [0, 0.1) is 0 Å². The molecule has 1 saturated heterocycles. The Morgan fingerprint density at radius 1 is 1.41 bits per heavy atom. The number of rotatable bonds is 5. The van der Waals surface area contributed by atoms with Crippen molar-refractivity contribution < 1.29 is 18.3 Å². The van der Waals surface area contributed by atoms with E-state index in [1.165, 1.54) is 10.4 Å². The fraction of sp³-hybridized carbons (Fsp3) is 0.700. The zero-order chi connectivity index (χ0) is 13.1. The molecule has 1 atom stereocenters. The molecule has 1 fully saturated rings. The second kappa shape index (κ2) is 5.61. The highest BCUT2D eigenvalue weighted by atomic mass is 32.2. The van der Waals surface area contributed by atoms with Crippen molar-refractivity contribution in [3.63, 3.8) is 0 Å². The van der Waals surface area contributed by atoms with Gasteiger partial charge in [-0.2, -0.15) is 4.31 Å². The lowest BCUT2D eigenvalue weighted by Crippen LogP contribution is -2.53. The van der Waals surface area contributed by atoms with Crippen molar-refractivity contribution in [2.24, 2.45) is 0 Å². The van der Waals surface area contributed by atoms with Crippen molar-refractivity contribution in [1.29, 1.82) is 0 Å². The molecule has 1 rings (SSSR count). The average molecular weight is 262 g/mol. The molecular weight excluding hydrogens is 244 g/mol. The fourth-order valence-electron chi connectivity index (χ4n) is 1.78. The van der Waals surface area contributed by atoms with Crippen LogP contribution in [0.2, 0.25) is 0 Å². The second-order valence-corrected chi connectivity index (χ2v) is 6.03. The molecule has 1 heterocycles. The minimum absolute atomic E-state index is 0.0680. The van der Waals surface area contributed by atoms with Crippen LogP contribution in [0.3, 0.4) is 0 Å². The Bertz CT molecular complexity index is 385. The van der Waals surface area contributed by atoms with Gasteiger partial charge in [-0.1, -0.05) is 6.08 Å². The summed E-state index contributed by atoms with van der Waals surface area (Å²) < 4.78 is 24.8. The van der Waals surface area contributed by atoms with Crippen LogP contribution in [0.25, 0.3) is 0 Å². The SMILES string of the molecule is C=CCS(=O)(=O)N1CCN(C(C)C(=O)O)CC1. The number of carbonyl (C=O) groups is 1. The molecule has 0 aromatic rings. The Balaban J connectivity index is 2.57. The molecular formula is C10H18N2O4S. The van der Waals surface area contributed by atoms with Crippen LogP contribution < -0.4 is 0 Å². The van der Waals surface area contributed by atoms with Crippen LogP contribution in [0.4, 0.5) is 0 Å². The third kappa shape index (κ3) is 3.52. The maximum Gasteiger partial charge on any atom is 0.320 e. The van der Waals surface area contributed by atoms with Crippen LogP contribution in [0.15, 0.2) is 12.7 Å². The van der Waals surface area contributed by atoms with Crippen LogP contribution in [-0.2, 0) is 14.8 Å². The van der Waals surface area contributed by atoms with Gasteiger partial charge in [0, 0.05) is 26.2 Å². The number of nitrogens with zero attached hydrogens (tertiary/aromatic N) is 2. The van der Waals surface area contributed by atoms with Gasteiger partial charge in [0.2, 0.25) is 10.0 Å². The highest BCUT2D eigenvalue weighted by Gasteiger charge is 2.29. The standard InChI is InChI=1S/C10H18N2O4S/c1-3-8-17(15,16)12-6-4-11(5-7-12)9(2)10(13)14/h3,9H,1,4-8H2,2H3,(H,13,14). The van der Waals surface area contributed by atoms with E-state index in [1.54, 1.807) is 11.8 Å². The monoisotopic (exact) mass is 262 g/mol. The maximum atomic E-state index is 11.7. The summed E-state index contributed by atoms with van der Waals surface area (Å²) >= 11 is 0. The van der Waals surface area contributed by atoms with Crippen molar-refractivity contribution in [3.8, 4) is 0 Å². The van der Waals surface area contributed by atoms with Crippen molar-refractivity contribution in [3.05, 3.63) is 12.7 Å². The van der Waals surface area contributed by atoms with Gasteiger partial charge >= 0.3 is 5.97 Å². The summed E-state index contributed by atoms with van der Waals surface area (Å²) in [4.78, 5) is 12.6. The van der Waals surface area contributed by atoms with Crippen LogP contribution in [0.1, 0.15) is 6.92 Å². The molecule has 17 heavy (non-hydrogen) atoms. The average Bonchev–Trinajstić information content (AvgIpc) is 2.28. The van der Waals surface area contributed by atoms with Gasteiger partial charge in [-0.25, -0.2) is 8.42 Å². The number of aliphatic carboxylic acids is 1. The largest absolute Gasteiger partial charge is 0.480 e. The van der Waals surface area contributed by atoms with Gasteiger partial charge in [-0.3, -0.25) is 9.69 Å². The van der Waals surface area contributed by atoms with Gasteiger partial charge in [-0.15, -0.1) is 6.58 Å². The Labute approximate surface area is 102 Å². The minimum atomic E-state index is -3.26. The molecule has 98 valence electrons. The first-order chi connectivity index (χ1) is 7.88. The minimum Gasteiger partial charge on any atom is -0.480 e. The Kier molecular flexibility index (Phi) is 4.67. The molecule has 1 aliphatic rings. The number of carboxylic acid groups (broad SMARTS) is 1. The van der Waals surface area contributed by atoms with E-state index in [0.717, 1.165) is 0 Å². The summed E-state index contributed by atoms with van der Waals surface area (Å²) in [7, 11) is -3.26. The third-order valence-electron chi connectivity index (χ3n) is 2.90. The zero-order valence-corrected chi connectivity index (χ0v) is 10.7. The molecule has 0 aliphatic carbocycles.